The van der Waals surface area contributed by atoms with E-state index in [0.29, 0.717) is 0 Å². The highest BCUT2D eigenvalue weighted by atomic mass is 16.5. The lowest BCUT2D eigenvalue weighted by molar-refractivity contribution is 0.223. The van der Waals surface area contributed by atoms with Crippen molar-refractivity contribution in [3.05, 3.63) is 11.8 Å². The van der Waals surface area contributed by atoms with Crippen molar-refractivity contribution >= 4 is 0 Å². The summed E-state index contributed by atoms with van der Waals surface area (Å²) >= 11 is 0. The highest BCUT2D eigenvalue weighted by molar-refractivity contribution is 5.00. The van der Waals surface area contributed by atoms with Gasteiger partial charge in [0.15, 0.2) is 0 Å². The Labute approximate surface area is 62.3 Å². The number of rotatable bonds is 3. The van der Waals surface area contributed by atoms with Crippen LogP contribution in [0.25, 0.3) is 0 Å². The maximum atomic E-state index is 5.19. The predicted octanol–water partition coefficient (Wildman–Crippen LogP) is 1.29. The lowest BCUT2D eigenvalue weighted by Crippen LogP contribution is -2.10. The molecule has 0 spiro atoms. The van der Waals surface area contributed by atoms with Crippen LogP contribution in [0, 0.1) is 0 Å². The van der Waals surface area contributed by atoms with Gasteiger partial charge < -0.3 is 10.1 Å². The Kier molecular flexibility index (Phi) is 3.30. The highest BCUT2D eigenvalue weighted by Crippen LogP contribution is 2.13. The van der Waals surface area contributed by atoms with Gasteiger partial charge in [0.2, 0.25) is 0 Å². The Morgan fingerprint density at radius 2 is 2.60 bits per heavy atom. The maximum Gasteiger partial charge on any atom is 0.0876 e. The van der Waals surface area contributed by atoms with E-state index in [-0.39, 0.29) is 0 Å². The molecule has 0 aromatic heterocycles. The SMILES string of the molecule is CNCCC1=COCCC1. The average molecular weight is 141 g/mol. The van der Waals surface area contributed by atoms with Gasteiger partial charge >= 0.3 is 0 Å². The van der Waals surface area contributed by atoms with E-state index < -0.39 is 0 Å². The van der Waals surface area contributed by atoms with E-state index >= 15 is 0 Å². The zero-order valence-corrected chi connectivity index (χ0v) is 6.52. The minimum atomic E-state index is 0.906. The van der Waals surface area contributed by atoms with E-state index in [4.69, 9.17) is 4.74 Å². The van der Waals surface area contributed by atoms with Gasteiger partial charge in [0.25, 0.3) is 0 Å². The van der Waals surface area contributed by atoms with Crippen LogP contribution in [0.3, 0.4) is 0 Å². The van der Waals surface area contributed by atoms with E-state index in [0.717, 1.165) is 19.6 Å². The van der Waals surface area contributed by atoms with Crippen LogP contribution in [0.4, 0.5) is 0 Å². The van der Waals surface area contributed by atoms with Gasteiger partial charge in [0.05, 0.1) is 12.9 Å². The summed E-state index contributed by atoms with van der Waals surface area (Å²) in [4.78, 5) is 0. The van der Waals surface area contributed by atoms with Crippen LogP contribution in [0.15, 0.2) is 11.8 Å². The molecule has 0 saturated heterocycles. The second-order valence-electron chi connectivity index (χ2n) is 2.60. The molecule has 0 amide bonds. The van der Waals surface area contributed by atoms with Gasteiger partial charge in [-0.2, -0.15) is 0 Å². The predicted molar refractivity (Wildman–Crippen MR) is 41.8 cm³/mol. The molecule has 2 heteroatoms. The van der Waals surface area contributed by atoms with Crippen molar-refractivity contribution in [2.75, 3.05) is 20.2 Å². The summed E-state index contributed by atoms with van der Waals surface area (Å²) in [6.45, 7) is 1.97. The molecule has 2 nitrogen and oxygen atoms in total. The molecule has 1 aliphatic heterocycles. The summed E-state index contributed by atoms with van der Waals surface area (Å²) in [6.07, 6.45) is 5.47. The third-order valence-corrected chi connectivity index (χ3v) is 1.71. The molecule has 0 aliphatic carbocycles. The van der Waals surface area contributed by atoms with E-state index in [9.17, 15) is 0 Å². The lowest BCUT2D eigenvalue weighted by atomic mass is 10.1. The molecule has 0 atom stereocenters. The molecule has 1 heterocycles. The average Bonchev–Trinajstić information content (AvgIpc) is 2.03. The second-order valence-corrected chi connectivity index (χ2v) is 2.60. The molecule has 0 aromatic carbocycles. The first-order valence-electron chi connectivity index (χ1n) is 3.87. The Morgan fingerprint density at radius 1 is 1.70 bits per heavy atom. The molecular formula is C8H15NO. The third-order valence-electron chi connectivity index (χ3n) is 1.71. The summed E-state index contributed by atoms with van der Waals surface area (Å²) < 4.78 is 5.19. The molecule has 0 fully saturated rings. The molecule has 1 rings (SSSR count). The summed E-state index contributed by atoms with van der Waals surface area (Å²) in [7, 11) is 1.98. The van der Waals surface area contributed by atoms with Crippen LogP contribution in [0.2, 0.25) is 0 Å². The van der Waals surface area contributed by atoms with Gasteiger partial charge in [-0.1, -0.05) is 0 Å². The minimum Gasteiger partial charge on any atom is -0.501 e. The molecule has 0 radical (unpaired) electrons. The van der Waals surface area contributed by atoms with Crippen molar-refractivity contribution in [2.24, 2.45) is 0 Å². The molecule has 0 unspecified atom stereocenters. The van der Waals surface area contributed by atoms with Crippen molar-refractivity contribution in [2.45, 2.75) is 19.3 Å². The van der Waals surface area contributed by atoms with Crippen LogP contribution in [-0.2, 0) is 4.74 Å². The molecule has 0 aromatic rings. The second kappa shape index (κ2) is 4.34. The standard InChI is InChI=1S/C8H15NO/c1-9-5-4-8-3-2-6-10-7-8/h7,9H,2-6H2,1H3. The monoisotopic (exact) mass is 141 g/mol. The van der Waals surface area contributed by atoms with Gasteiger partial charge in [-0.05, 0) is 38.4 Å². The molecule has 1 N–H and O–H groups in total. The Balaban J connectivity index is 2.18. The van der Waals surface area contributed by atoms with E-state index in [2.05, 4.69) is 5.32 Å². The Hall–Kier alpha value is -0.500. The van der Waals surface area contributed by atoms with Gasteiger partial charge in [0, 0.05) is 0 Å². The molecule has 58 valence electrons. The fourth-order valence-electron chi connectivity index (χ4n) is 1.09. The molecular weight excluding hydrogens is 126 g/mol. The fraction of sp³-hybridized carbons (Fsp3) is 0.750. The maximum absolute atomic E-state index is 5.19. The number of ether oxygens (including phenoxy) is 1. The molecule has 0 saturated carbocycles. The summed E-state index contributed by atoms with van der Waals surface area (Å²) in [5.74, 6) is 0. The Bertz CT molecular complexity index is 120. The first-order valence-corrected chi connectivity index (χ1v) is 3.87. The minimum absolute atomic E-state index is 0.906. The van der Waals surface area contributed by atoms with Crippen molar-refractivity contribution in [3.63, 3.8) is 0 Å². The van der Waals surface area contributed by atoms with Crippen LogP contribution < -0.4 is 5.32 Å². The smallest absolute Gasteiger partial charge is 0.0876 e. The zero-order chi connectivity index (χ0) is 7.23. The van der Waals surface area contributed by atoms with Gasteiger partial charge in [0.1, 0.15) is 0 Å². The largest absolute Gasteiger partial charge is 0.501 e. The molecule has 10 heavy (non-hydrogen) atoms. The van der Waals surface area contributed by atoms with E-state index in [1.807, 2.05) is 13.3 Å². The molecule has 0 bridgehead atoms. The zero-order valence-electron chi connectivity index (χ0n) is 6.52. The van der Waals surface area contributed by atoms with Gasteiger partial charge in [-0.3, -0.25) is 0 Å². The van der Waals surface area contributed by atoms with E-state index in [1.54, 1.807) is 0 Å². The third kappa shape index (κ3) is 2.40. The van der Waals surface area contributed by atoms with E-state index in [1.165, 1.54) is 18.4 Å². The number of hydrogen-bond acceptors (Lipinski definition) is 2. The van der Waals surface area contributed by atoms with Crippen molar-refractivity contribution in [3.8, 4) is 0 Å². The Morgan fingerprint density at radius 3 is 3.20 bits per heavy atom. The summed E-state index contributed by atoms with van der Waals surface area (Å²) in [5, 5.41) is 3.12. The topological polar surface area (TPSA) is 21.3 Å². The van der Waals surface area contributed by atoms with Crippen LogP contribution >= 0.6 is 0 Å². The van der Waals surface area contributed by atoms with Crippen LogP contribution in [0.1, 0.15) is 19.3 Å². The van der Waals surface area contributed by atoms with Crippen molar-refractivity contribution in [1.29, 1.82) is 0 Å². The lowest BCUT2D eigenvalue weighted by Gasteiger charge is -2.12. The van der Waals surface area contributed by atoms with Crippen LogP contribution in [0.5, 0.6) is 0 Å². The van der Waals surface area contributed by atoms with Crippen LogP contribution in [-0.4, -0.2) is 20.2 Å². The summed E-state index contributed by atoms with van der Waals surface area (Å²) in [6, 6.07) is 0. The summed E-state index contributed by atoms with van der Waals surface area (Å²) in [5.41, 5.74) is 1.45. The highest BCUT2D eigenvalue weighted by Gasteiger charge is 2.02. The first-order chi connectivity index (χ1) is 4.93. The van der Waals surface area contributed by atoms with Crippen molar-refractivity contribution in [1.82, 2.24) is 5.32 Å². The normalized spacial score (nSPS) is 17.9. The quantitative estimate of drug-likeness (QED) is 0.639. The fourth-order valence-corrected chi connectivity index (χ4v) is 1.09. The van der Waals surface area contributed by atoms with Gasteiger partial charge in [-0.25, -0.2) is 0 Å². The first kappa shape index (κ1) is 7.61. The number of hydrogen-bond donors (Lipinski definition) is 1. The van der Waals surface area contributed by atoms with Gasteiger partial charge in [-0.15, -0.1) is 0 Å². The number of nitrogens with one attached hydrogen (secondary N) is 1. The molecule has 1 aliphatic rings. The van der Waals surface area contributed by atoms with Crippen molar-refractivity contribution < 1.29 is 4.74 Å².